The summed E-state index contributed by atoms with van der Waals surface area (Å²) in [7, 11) is 0. The zero-order valence-corrected chi connectivity index (χ0v) is 11.9. The SMILES string of the molecule is CCCOC(=O)CCCCC(=O)OC(CC)CC. The molecule has 0 heterocycles. The normalized spacial score (nSPS) is 10.4. The monoisotopic (exact) mass is 258 g/mol. The number of hydrogen-bond acceptors (Lipinski definition) is 4. The molecule has 4 heteroatoms. The van der Waals surface area contributed by atoms with E-state index in [9.17, 15) is 9.59 Å². The molecule has 0 atom stereocenters. The lowest BCUT2D eigenvalue weighted by atomic mass is 10.2. The van der Waals surface area contributed by atoms with Crippen molar-refractivity contribution in [2.75, 3.05) is 6.61 Å². The first kappa shape index (κ1) is 16.9. The Hall–Kier alpha value is -1.06. The van der Waals surface area contributed by atoms with Gasteiger partial charge in [-0.15, -0.1) is 0 Å². The van der Waals surface area contributed by atoms with Gasteiger partial charge in [-0.2, -0.15) is 0 Å². The largest absolute Gasteiger partial charge is 0.466 e. The Balaban J connectivity index is 3.53. The molecule has 0 saturated heterocycles. The molecule has 18 heavy (non-hydrogen) atoms. The number of rotatable bonds is 10. The second-order valence-corrected chi connectivity index (χ2v) is 4.36. The summed E-state index contributed by atoms with van der Waals surface area (Å²) in [5.41, 5.74) is 0. The summed E-state index contributed by atoms with van der Waals surface area (Å²) in [6, 6.07) is 0. The van der Waals surface area contributed by atoms with Gasteiger partial charge in [0.25, 0.3) is 0 Å². The van der Waals surface area contributed by atoms with Gasteiger partial charge in [0.15, 0.2) is 0 Å². The minimum atomic E-state index is -0.176. The van der Waals surface area contributed by atoms with Gasteiger partial charge >= 0.3 is 11.9 Å². The Kier molecular flexibility index (Phi) is 10.4. The van der Waals surface area contributed by atoms with Gasteiger partial charge in [0.1, 0.15) is 6.10 Å². The average molecular weight is 258 g/mol. The summed E-state index contributed by atoms with van der Waals surface area (Å²) in [5.74, 6) is -0.337. The fourth-order valence-electron chi connectivity index (χ4n) is 1.53. The Labute approximate surface area is 110 Å². The molecule has 106 valence electrons. The number of carbonyl (C=O) groups is 2. The van der Waals surface area contributed by atoms with Gasteiger partial charge in [0.2, 0.25) is 0 Å². The van der Waals surface area contributed by atoms with Crippen LogP contribution in [0, 0.1) is 0 Å². The van der Waals surface area contributed by atoms with Crippen LogP contribution in [-0.4, -0.2) is 24.6 Å². The predicted molar refractivity (Wildman–Crippen MR) is 70.2 cm³/mol. The Morgan fingerprint density at radius 1 is 0.944 bits per heavy atom. The van der Waals surface area contributed by atoms with Crippen LogP contribution in [0.1, 0.15) is 65.7 Å². The van der Waals surface area contributed by atoms with Crippen molar-refractivity contribution in [2.24, 2.45) is 0 Å². The lowest BCUT2D eigenvalue weighted by molar-refractivity contribution is -0.150. The Morgan fingerprint density at radius 2 is 1.50 bits per heavy atom. The van der Waals surface area contributed by atoms with E-state index in [2.05, 4.69) is 0 Å². The molecular weight excluding hydrogens is 232 g/mol. The number of carbonyl (C=O) groups excluding carboxylic acids is 2. The second kappa shape index (κ2) is 11.1. The zero-order chi connectivity index (χ0) is 13.8. The highest BCUT2D eigenvalue weighted by Crippen LogP contribution is 2.08. The van der Waals surface area contributed by atoms with Crippen LogP contribution in [0.4, 0.5) is 0 Å². The van der Waals surface area contributed by atoms with Crippen molar-refractivity contribution in [1.29, 1.82) is 0 Å². The van der Waals surface area contributed by atoms with Gasteiger partial charge < -0.3 is 9.47 Å². The maximum absolute atomic E-state index is 11.4. The standard InChI is InChI=1S/C14H26O4/c1-4-11-17-13(15)9-7-8-10-14(16)18-12(5-2)6-3/h12H,4-11H2,1-3H3. The van der Waals surface area contributed by atoms with Crippen LogP contribution in [0.25, 0.3) is 0 Å². The minimum absolute atomic E-state index is 0.0343. The van der Waals surface area contributed by atoms with Crippen LogP contribution in [0.5, 0.6) is 0 Å². The Bertz CT molecular complexity index is 234. The van der Waals surface area contributed by atoms with Gasteiger partial charge in [0.05, 0.1) is 6.61 Å². The lowest BCUT2D eigenvalue weighted by Crippen LogP contribution is -2.16. The summed E-state index contributed by atoms with van der Waals surface area (Å²) in [4.78, 5) is 22.6. The molecule has 0 fully saturated rings. The van der Waals surface area contributed by atoms with E-state index in [0.29, 0.717) is 32.3 Å². The van der Waals surface area contributed by atoms with Crippen LogP contribution < -0.4 is 0 Å². The zero-order valence-electron chi connectivity index (χ0n) is 11.9. The molecule has 0 unspecified atom stereocenters. The number of unbranched alkanes of at least 4 members (excludes halogenated alkanes) is 1. The van der Waals surface area contributed by atoms with E-state index in [1.807, 2.05) is 20.8 Å². The quantitative estimate of drug-likeness (QED) is 0.446. The molecule has 0 bridgehead atoms. The molecule has 0 radical (unpaired) electrons. The van der Waals surface area contributed by atoms with Crippen molar-refractivity contribution in [1.82, 2.24) is 0 Å². The third-order valence-electron chi connectivity index (χ3n) is 2.69. The van der Waals surface area contributed by atoms with Gasteiger partial charge in [-0.1, -0.05) is 20.8 Å². The summed E-state index contributed by atoms with van der Waals surface area (Å²) < 4.78 is 10.2. The molecule has 0 aliphatic rings. The topological polar surface area (TPSA) is 52.6 Å². The third kappa shape index (κ3) is 9.02. The highest BCUT2D eigenvalue weighted by molar-refractivity contribution is 5.70. The molecule has 0 aliphatic heterocycles. The van der Waals surface area contributed by atoms with Gasteiger partial charge in [0, 0.05) is 12.8 Å². The molecule has 0 saturated carbocycles. The highest BCUT2D eigenvalue weighted by Gasteiger charge is 2.10. The van der Waals surface area contributed by atoms with Crippen LogP contribution in [0.3, 0.4) is 0 Å². The van der Waals surface area contributed by atoms with Crippen LogP contribution in [0.2, 0.25) is 0 Å². The van der Waals surface area contributed by atoms with Gasteiger partial charge in [-0.05, 0) is 32.1 Å². The van der Waals surface area contributed by atoms with Gasteiger partial charge in [-0.3, -0.25) is 9.59 Å². The summed E-state index contributed by atoms with van der Waals surface area (Å²) in [5, 5.41) is 0. The van der Waals surface area contributed by atoms with Crippen LogP contribution in [0.15, 0.2) is 0 Å². The van der Waals surface area contributed by atoms with E-state index in [1.54, 1.807) is 0 Å². The smallest absolute Gasteiger partial charge is 0.306 e. The van der Waals surface area contributed by atoms with Crippen LogP contribution >= 0.6 is 0 Å². The molecular formula is C14H26O4. The molecule has 0 aromatic carbocycles. The fourth-order valence-corrected chi connectivity index (χ4v) is 1.53. The molecule has 0 rings (SSSR count). The first-order chi connectivity index (χ1) is 8.63. The first-order valence-electron chi connectivity index (χ1n) is 6.99. The Morgan fingerprint density at radius 3 is 2.00 bits per heavy atom. The summed E-state index contributed by atoms with van der Waals surface area (Å²) in [6.45, 7) is 6.45. The summed E-state index contributed by atoms with van der Waals surface area (Å²) in [6.07, 6.45) is 4.72. The molecule has 0 aromatic heterocycles. The van der Waals surface area contributed by atoms with Crippen molar-refractivity contribution in [2.45, 2.75) is 71.8 Å². The van der Waals surface area contributed by atoms with Crippen molar-refractivity contribution >= 4 is 11.9 Å². The van der Waals surface area contributed by atoms with Crippen LogP contribution in [-0.2, 0) is 19.1 Å². The third-order valence-corrected chi connectivity index (χ3v) is 2.69. The number of esters is 2. The molecule has 0 aliphatic carbocycles. The van der Waals surface area contributed by atoms with E-state index in [1.165, 1.54) is 0 Å². The van der Waals surface area contributed by atoms with Crippen molar-refractivity contribution in [3.05, 3.63) is 0 Å². The highest BCUT2D eigenvalue weighted by atomic mass is 16.5. The predicted octanol–water partition coefficient (Wildman–Crippen LogP) is 3.23. The lowest BCUT2D eigenvalue weighted by Gasteiger charge is -2.13. The molecule has 0 amide bonds. The van der Waals surface area contributed by atoms with E-state index in [-0.39, 0.29) is 18.0 Å². The van der Waals surface area contributed by atoms with E-state index >= 15 is 0 Å². The van der Waals surface area contributed by atoms with Gasteiger partial charge in [-0.25, -0.2) is 0 Å². The van der Waals surface area contributed by atoms with E-state index < -0.39 is 0 Å². The van der Waals surface area contributed by atoms with E-state index in [0.717, 1.165) is 19.3 Å². The maximum Gasteiger partial charge on any atom is 0.306 e. The first-order valence-corrected chi connectivity index (χ1v) is 6.99. The number of hydrogen-bond donors (Lipinski definition) is 0. The molecule has 0 spiro atoms. The van der Waals surface area contributed by atoms with Crippen molar-refractivity contribution in [3.63, 3.8) is 0 Å². The molecule has 4 nitrogen and oxygen atoms in total. The average Bonchev–Trinajstić information content (AvgIpc) is 2.38. The number of ether oxygens (including phenoxy) is 2. The molecule has 0 N–H and O–H groups in total. The van der Waals surface area contributed by atoms with Crippen molar-refractivity contribution < 1.29 is 19.1 Å². The van der Waals surface area contributed by atoms with E-state index in [4.69, 9.17) is 9.47 Å². The minimum Gasteiger partial charge on any atom is -0.466 e. The van der Waals surface area contributed by atoms with Crippen molar-refractivity contribution in [3.8, 4) is 0 Å². The summed E-state index contributed by atoms with van der Waals surface area (Å²) >= 11 is 0. The maximum atomic E-state index is 11.4. The second-order valence-electron chi connectivity index (χ2n) is 4.36. The molecule has 0 aromatic rings. The fraction of sp³-hybridized carbons (Fsp3) is 0.857.